The van der Waals surface area contributed by atoms with Crippen LogP contribution in [0.2, 0.25) is 0 Å². The molecule has 1 aromatic heterocycles. The monoisotopic (exact) mass is 190 g/mol. The number of aldehydes is 1. The van der Waals surface area contributed by atoms with E-state index in [1.54, 1.807) is 11.7 Å². The van der Waals surface area contributed by atoms with Crippen molar-refractivity contribution in [2.75, 3.05) is 7.11 Å². The van der Waals surface area contributed by atoms with Gasteiger partial charge in [0, 0.05) is 13.1 Å². The summed E-state index contributed by atoms with van der Waals surface area (Å²) in [6.45, 7) is 0. The minimum Gasteiger partial charge on any atom is -0.497 e. The van der Waals surface area contributed by atoms with Crippen molar-refractivity contribution in [3.63, 3.8) is 0 Å². The molecule has 0 aliphatic carbocycles. The molecule has 0 fully saturated rings. The van der Waals surface area contributed by atoms with Crippen molar-refractivity contribution < 1.29 is 9.53 Å². The van der Waals surface area contributed by atoms with E-state index in [2.05, 4.69) is 4.98 Å². The van der Waals surface area contributed by atoms with Gasteiger partial charge in [0.1, 0.15) is 5.75 Å². The Morgan fingerprint density at radius 3 is 2.93 bits per heavy atom. The van der Waals surface area contributed by atoms with Crippen LogP contribution in [0, 0.1) is 0 Å². The molecule has 0 N–H and O–H groups in total. The molecule has 2 aromatic rings. The van der Waals surface area contributed by atoms with Gasteiger partial charge in [-0.2, -0.15) is 0 Å². The van der Waals surface area contributed by atoms with Crippen LogP contribution in [0.25, 0.3) is 11.0 Å². The van der Waals surface area contributed by atoms with Crippen LogP contribution in [-0.4, -0.2) is 22.9 Å². The van der Waals surface area contributed by atoms with Gasteiger partial charge in [0.2, 0.25) is 0 Å². The first-order valence-corrected chi connectivity index (χ1v) is 4.22. The number of carbonyl (C=O) groups excluding carboxylic acids is 1. The van der Waals surface area contributed by atoms with Crippen molar-refractivity contribution in [2.45, 2.75) is 0 Å². The van der Waals surface area contributed by atoms with Crippen molar-refractivity contribution in [1.82, 2.24) is 9.55 Å². The second kappa shape index (κ2) is 3.14. The number of benzene rings is 1. The Morgan fingerprint density at radius 2 is 2.29 bits per heavy atom. The summed E-state index contributed by atoms with van der Waals surface area (Å²) in [7, 11) is 3.41. The van der Waals surface area contributed by atoms with Gasteiger partial charge in [-0.05, 0) is 12.1 Å². The van der Waals surface area contributed by atoms with Crippen molar-refractivity contribution >= 4 is 17.3 Å². The number of aryl methyl sites for hydroxylation is 1. The maximum absolute atomic E-state index is 10.6. The highest BCUT2D eigenvalue weighted by atomic mass is 16.5. The lowest BCUT2D eigenvalue weighted by molar-refractivity contribution is 0.111. The Bertz CT molecular complexity index is 488. The number of fused-ring (bicyclic) bond motifs is 1. The number of nitrogens with zero attached hydrogens (tertiary/aromatic N) is 2. The Morgan fingerprint density at radius 1 is 1.50 bits per heavy atom. The van der Waals surface area contributed by atoms with Gasteiger partial charge in [-0.25, -0.2) is 4.98 Å². The highest BCUT2D eigenvalue weighted by molar-refractivity contribution is 5.83. The summed E-state index contributed by atoms with van der Waals surface area (Å²) in [4.78, 5) is 14.8. The van der Waals surface area contributed by atoms with Crippen molar-refractivity contribution in [3.05, 3.63) is 24.0 Å². The number of carbonyl (C=O) groups is 1. The number of hydrogen-bond acceptors (Lipinski definition) is 3. The van der Waals surface area contributed by atoms with Crippen molar-refractivity contribution in [2.24, 2.45) is 7.05 Å². The number of aromatic nitrogens is 2. The average molecular weight is 190 g/mol. The first-order chi connectivity index (χ1) is 6.76. The van der Waals surface area contributed by atoms with Crippen LogP contribution in [0.4, 0.5) is 0 Å². The second-order valence-corrected chi connectivity index (χ2v) is 3.00. The standard InChI is InChI=1S/C10H10N2O2/c1-12-9-4-3-7(14-2)5-8(9)11-10(12)6-13/h3-6H,1-2H3. The fraction of sp³-hybridized carbons (Fsp3) is 0.200. The number of methoxy groups -OCH3 is 1. The molecule has 72 valence electrons. The SMILES string of the molecule is COc1ccc2c(c1)nc(C=O)n2C. The Balaban J connectivity index is 2.72. The summed E-state index contributed by atoms with van der Waals surface area (Å²) < 4.78 is 6.82. The molecule has 0 aliphatic heterocycles. The van der Waals surface area contributed by atoms with Gasteiger partial charge in [-0.3, -0.25) is 4.79 Å². The first-order valence-electron chi connectivity index (χ1n) is 4.22. The summed E-state index contributed by atoms with van der Waals surface area (Å²) in [5.41, 5.74) is 1.70. The van der Waals surface area contributed by atoms with E-state index in [4.69, 9.17) is 4.74 Å². The lowest BCUT2D eigenvalue weighted by Crippen LogP contribution is -1.94. The molecule has 0 aliphatic rings. The topological polar surface area (TPSA) is 44.1 Å². The summed E-state index contributed by atoms with van der Waals surface area (Å²) in [5, 5.41) is 0. The van der Waals surface area contributed by atoms with Crippen LogP contribution in [0.5, 0.6) is 5.75 Å². The van der Waals surface area contributed by atoms with E-state index in [1.165, 1.54) is 0 Å². The molecule has 4 heteroatoms. The van der Waals surface area contributed by atoms with Crippen molar-refractivity contribution in [1.29, 1.82) is 0 Å². The number of imidazole rings is 1. The Hall–Kier alpha value is -1.84. The van der Waals surface area contributed by atoms with E-state index in [0.717, 1.165) is 23.1 Å². The van der Waals surface area contributed by atoms with E-state index in [9.17, 15) is 4.79 Å². The van der Waals surface area contributed by atoms with Crippen LogP contribution in [0.1, 0.15) is 10.6 Å². The first kappa shape index (κ1) is 8.74. The third kappa shape index (κ3) is 1.16. The summed E-state index contributed by atoms with van der Waals surface area (Å²) in [6.07, 6.45) is 0.743. The zero-order chi connectivity index (χ0) is 10.1. The molecule has 2 rings (SSSR count). The van der Waals surface area contributed by atoms with E-state index < -0.39 is 0 Å². The fourth-order valence-electron chi connectivity index (χ4n) is 1.43. The van der Waals surface area contributed by atoms with E-state index in [0.29, 0.717) is 5.82 Å². The maximum atomic E-state index is 10.6. The van der Waals surface area contributed by atoms with Gasteiger partial charge in [0.05, 0.1) is 18.1 Å². The van der Waals surface area contributed by atoms with Gasteiger partial charge in [-0.15, -0.1) is 0 Å². The van der Waals surface area contributed by atoms with Gasteiger partial charge in [-0.1, -0.05) is 0 Å². The average Bonchev–Trinajstić information content (AvgIpc) is 2.55. The van der Waals surface area contributed by atoms with Gasteiger partial charge in [0.25, 0.3) is 0 Å². The van der Waals surface area contributed by atoms with Crippen LogP contribution in [0.3, 0.4) is 0 Å². The molecule has 1 aromatic carbocycles. The lowest BCUT2D eigenvalue weighted by Gasteiger charge is -1.98. The number of rotatable bonds is 2. The molecule has 14 heavy (non-hydrogen) atoms. The summed E-state index contributed by atoms with van der Waals surface area (Å²) in [5.74, 6) is 1.17. The zero-order valence-corrected chi connectivity index (χ0v) is 8.02. The number of ether oxygens (including phenoxy) is 1. The molecular weight excluding hydrogens is 180 g/mol. The molecule has 0 saturated heterocycles. The third-order valence-corrected chi connectivity index (χ3v) is 2.23. The largest absolute Gasteiger partial charge is 0.497 e. The van der Waals surface area contributed by atoms with Gasteiger partial charge >= 0.3 is 0 Å². The highest BCUT2D eigenvalue weighted by Gasteiger charge is 2.06. The molecule has 0 spiro atoms. The van der Waals surface area contributed by atoms with Crippen molar-refractivity contribution in [3.8, 4) is 5.75 Å². The Labute approximate surface area is 81.1 Å². The highest BCUT2D eigenvalue weighted by Crippen LogP contribution is 2.20. The second-order valence-electron chi connectivity index (χ2n) is 3.00. The van der Waals surface area contributed by atoms with Gasteiger partial charge < -0.3 is 9.30 Å². The Kier molecular flexibility index (Phi) is 1.96. The predicted molar refractivity (Wildman–Crippen MR) is 52.7 cm³/mol. The predicted octanol–water partition coefficient (Wildman–Crippen LogP) is 1.39. The molecule has 0 saturated carbocycles. The summed E-state index contributed by atoms with van der Waals surface area (Å²) >= 11 is 0. The molecule has 0 radical (unpaired) electrons. The van der Waals surface area contributed by atoms with Crippen LogP contribution in [0.15, 0.2) is 18.2 Å². The van der Waals surface area contributed by atoms with Gasteiger partial charge in [0.15, 0.2) is 12.1 Å². The minimum absolute atomic E-state index is 0.424. The molecule has 0 atom stereocenters. The van der Waals surface area contributed by atoms with Crippen LogP contribution >= 0.6 is 0 Å². The molecular formula is C10H10N2O2. The molecule has 0 bridgehead atoms. The number of hydrogen-bond donors (Lipinski definition) is 0. The smallest absolute Gasteiger partial charge is 0.185 e. The van der Waals surface area contributed by atoms with E-state index in [-0.39, 0.29) is 0 Å². The maximum Gasteiger partial charge on any atom is 0.185 e. The van der Waals surface area contributed by atoms with E-state index >= 15 is 0 Å². The van der Waals surface area contributed by atoms with E-state index in [1.807, 2.05) is 25.2 Å². The minimum atomic E-state index is 0.424. The molecule has 1 heterocycles. The quantitative estimate of drug-likeness (QED) is 0.672. The zero-order valence-electron chi connectivity index (χ0n) is 8.02. The summed E-state index contributed by atoms with van der Waals surface area (Å²) in [6, 6.07) is 5.54. The molecule has 4 nitrogen and oxygen atoms in total. The molecule has 0 unspecified atom stereocenters. The lowest BCUT2D eigenvalue weighted by atomic mass is 10.3. The molecule has 0 amide bonds. The third-order valence-electron chi connectivity index (χ3n) is 2.23. The van der Waals surface area contributed by atoms with Crippen LogP contribution in [-0.2, 0) is 7.05 Å². The fourth-order valence-corrected chi connectivity index (χ4v) is 1.43. The normalized spacial score (nSPS) is 10.4. The van der Waals surface area contributed by atoms with Crippen LogP contribution < -0.4 is 4.74 Å².